The molecule has 0 amide bonds. The molecule has 0 bridgehead atoms. The van der Waals surface area contributed by atoms with Gasteiger partial charge in [0.05, 0.1) is 5.56 Å². The van der Waals surface area contributed by atoms with Gasteiger partial charge >= 0.3 is 0 Å². The molecular weight excluding hydrogens is 396 g/mol. The van der Waals surface area contributed by atoms with E-state index in [9.17, 15) is 9.59 Å². The second-order valence-electron chi connectivity index (χ2n) is 6.28. The molecule has 1 aliphatic rings. The maximum absolute atomic E-state index is 12.5. The molecule has 0 unspecified atom stereocenters. The van der Waals surface area contributed by atoms with E-state index in [1.807, 2.05) is 18.4 Å². The number of carbonyl (C=O) groups is 2. The molecule has 0 radical (unpaired) electrons. The van der Waals surface area contributed by atoms with Gasteiger partial charge in [-0.05, 0) is 60.3 Å². The predicted molar refractivity (Wildman–Crippen MR) is 110 cm³/mol. The van der Waals surface area contributed by atoms with Gasteiger partial charge in [0.15, 0.2) is 18.1 Å². The number of rotatable bonds is 5. The van der Waals surface area contributed by atoms with E-state index in [1.165, 1.54) is 0 Å². The second-order valence-corrected chi connectivity index (χ2v) is 7.67. The number of ether oxygens (including phenoxy) is 2. The topological polar surface area (TPSA) is 52.6 Å². The molecule has 0 N–H and O–H groups in total. The molecule has 1 aromatic heterocycles. The van der Waals surface area contributed by atoms with Crippen molar-refractivity contribution in [3.8, 4) is 11.5 Å². The van der Waals surface area contributed by atoms with Crippen LogP contribution in [-0.2, 0) is 0 Å². The monoisotopic (exact) mass is 410 g/mol. The number of benzene rings is 2. The van der Waals surface area contributed by atoms with Crippen LogP contribution >= 0.6 is 22.9 Å². The number of thiophene rings is 1. The normalized spacial score (nSPS) is 14.1. The Morgan fingerprint density at radius 1 is 1.18 bits per heavy atom. The molecule has 0 fully saturated rings. The van der Waals surface area contributed by atoms with Crippen molar-refractivity contribution in [1.82, 2.24) is 0 Å². The lowest BCUT2D eigenvalue weighted by molar-refractivity contribution is 0.0921. The smallest absolute Gasteiger partial charge is 0.232 e. The van der Waals surface area contributed by atoms with Gasteiger partial charge in [0.1, 0.15) is 11.5 Å². The van der Waals surface area contributed by atoms with Gasteiger partial charge in [-0.25, -0.2) is 0 Å². The first-order valence-electron chi connectivity index (χ1n) is 8.55. The van der Waals surface area contributed by atoms with Crippen LogP contribution in [0.15, 0.2) is 59.7 Å². The van der Waals surface area contributed by atoms with Crippen LogP contribution < -0.4 is 9.47 Å². The van der Waals surface area contributed by atoms with E-state index in [0.29, 0.717) is 27.6 Å². The fourth-order valence-corrected chi connectivity index (χ4v) is 3.75. The fraction of sp³-hybridized carbons (Fsp3) is 0.0909. The van der Waals surface area contributed by atoms with Crippen molar-refractivity contribution in [3.05, 3.63) is 86.3 Å². The van der Waals surface area contributed by atoms with Gasteiger partial charge in [-0.15, -0.1) is 11.3 Å². The number of ketones is 2. The highest BCUT2D eigenvalue weighted by molar-refractivity contribution is 7.11. The molecule has 2 aromatic carbocycles. The molecule has 4 nitrogen and oxygen atoms in total. The molecule has 3 aromatic rings. The maximum Gasteiger partial charge on any atom is 0.232 e. The molecule has 0 spiro atoms. The van der Waals surface area contributed by atoms with Gasteiger partial charge in [0, 0.05) is 27.6 Å². The summed E-state index contributed by atoms with van der Waals surface area (Å²) in [5.74, 6) is 0.855. The zero-order chi connectivity index (χ0) is 19.7. The Morgan fingerprint density at radius 3 is 2.68 bits per heavy atom. The average molecular weight is 411 g/mol. The van der Waals surface area contributed by atoms with Crippen LogP contribution in [0.4, 0.5) is 0 Å². The van der Waals surface area contributed by atoms with Crippen LogP contribution in [0.25, 0.3) is 6.08 Å². The largest absolute Gasteiger partial charge is 0.485 e. The molecule has 0 aliphatic carbocycles. The minimum Gasteiger partial charge on any atom is -0.485 e. The van der Waals surface area contributed by atoms with E-state index in [-0.39, 0.29) is 23.9 Å². The molecule has 140 valence electrons. The summed E-state index contributed by atoms with van der Waals surface area (Å²) in [5, 5.41) is 2.54. The number of hydrogen-bond acceptors (Lipinski definition) is 5. The van der Waals surface area contributed by atoms with E-state index >= 15 is 0 Å². The van der Waals surface area contributed by atoms with Crippen molar-refractivity contribution in [1.29, 1.82) is 0 Å². The van der Waals surface area contributed by atoms with Crippen LogP contribution in [-0.4, -0.2) is 18.2 Å². The van der Waals surface area contributed by atoms with Crippen LogP contribution in [0.1, 0.15) is 31.2 Å². The van der Waals surface area contributed by atoms with Gasteiger partial charge in [0.25, 0.3) is 0 Å². The average Bonchev–Trinajstić information content (AvgIpc) is 3.23. The summed E-state index contributed by atoms with van der Waals surface area (Å²) in [7, 11) is 0. The van der Waals surface area contributed by atoms with Crippen LogP contribution in [0.3, 0.4) is 0 Å². The molecule has 0 saturated heterocycles. The number of hydrogen-bond donors (Lipinski definition) is 0. The molecular formula is C22H15ClO4S. The van der Waals surface area contributed by atoms with Crippen molar-refractivity contribution in [2.45, 2.75) is 6.92 Å². The van der Waals surface area contributed by atoms with Crippen molar-refractivity contribution in [2.75, 3.05) is 6.61 Å². The summed E-state index contributed by atoms with van der Waals surface area (Å²) in [6.45, 7) is 1.87. The number of aryl methyl sites for hydroxylation is 1. The SMILES string of the molecule is Cc1ccsc1/C=C1/Oc2cc(OCC(=O)c3ccc(Cl)cc3)ccc2C1=O. The van der Waals surface area contributed by atoms with Gasteiger partial charge in [-0.1, -0.05) is 11.6 Å². The van der Waals surface area contributed by atoms with Crippen LogP contribution in [0.2, 0.25) is 5.02 Å². The molecule has 0 atom stereocenters. The summed E-state index contributed by atoms with van der Waals surface area (Å²) in [6, 6.07) is 13.6. The summed E-state index contributed by atoms with van der Waals surface area (Å²) >= 11 is 7.38. The third-order valence-corrected chi connectivity index (χ3v) is 5.56. The van der Waals surface area contributed by atoms with Crippen LogP contribution in [0, 0.1) is 6.92 Å². The number of fused-ring (bicyclic) bond motifs is 1. The Morgan fingerprint density at radius 2 is 1.96 bits per heavy atom. The third-order valence-electron chi connectivity index (χ3n) is 4.34. The van der Waals surface area contributed by atoms with Crippen molar-refractivity contribution < 1.29 is 19.1 Å². The van der Waals surface area contributed by atoms with E-state index in [1.54, 1.807) is 59.9 Å². The summed E-state index contributed by atoms with van der Waals surface area (Å²) in [5.41, 5.74) is 2.10. The van der Waals surface area contributed by atoms with Crippen molar-refractivity contribution in [2.24, 2.45) is 0 Å². The second kappa shape index (κ2) is 7.62. The summed E-state index contributed by atoms with van der Waals surface area (Å²) < 4.78 is 11.3. The Balaban J connectivity index is 1.47. The van der Waals surface area contributed by atoms with E-state index < -0.39 is 0 Å². The van der Waals surface area contributed by atoms with Gasteiger partial charge in [-0.2, -0.15) is 0 Å². The molecule has 6 heteroatoms. The lowest BCUT2D eigenvalue weighted by Crippen LogP contribution is -2.11. The number of carbonyl (C=O) groups excluding carboxylic acids is 2. The standard InChI is InChI=1S/C22H15ClO4S/c1-13-8-9-28-21(13)11-20-22(25)17-7-6-16(10-19(17)27-20)26-12-18(24)14-2-4-15(23)5-3-14/h2-11H,12H2,1H3/b20-11+. The first kappa shape index (κ1) is 18.5. The Labute approximate surface area is 171 Å². The highest BCUT2D eigenvalue weighted by Crippen LogP contribution is 2.35. The first-order chi connectivity index (χ1) is 13.5. The number of allylic oxidation sites excluding steroid dienone is 1. The zero-order valence-corrected chi connectivity index (χ0v) is 16.5. The number of halogens is 1. The summed E-state index contributed by atoms with van der Waals surface area (Å²) in [6.07, 6.45) is 1.76. The van der Waals surface area contributed by atoms with Gasteiger partial charge in [-0.3, -0.25) is 9.59 Å². The Hall–Kier alpha value is -2.89. The minimum absolute atomic E-state index is 0.120. The molecule has 2 heterocycles. The first-order valence-corrected chi connectivity index (χ1v) is 9.81. The highest BCUT2D eigenvalue weighted by Gasteiger charge is 2.28. The third kappa shape index (κ3) is 3.72. The minimum atomic E-state index is -0.164. The molecule has 28 heavy (non-hydrogen) atoms. The van der Waals surface area contributed by atoms with E-state index in [0.717, 1.165) is 10.4 Å². The van der Waals surface area contributed by atoms with Crippen molar-refractivity contribution in [3.63, 3.8) is 0 Å². The van der Waals surface area contributed by atoms with Gasteiger partial charge < -0.3 is 9.47 Å². The Bertz CT molecular complexity index is 1100. The quantitative estimate of drug-likeness (QED) is 0.406. The summed E-state index contributed by atoms with van der Waals surface area (Å²) in [4.78, 5) is 25.7. The van der Waals surface area contributed by atoms with Crippen molar-refractivity contribution >= 4 is 40.6 Å². The lowest BCUT2D eigenvalue weighted by atomic mass is 10.1. The Kier molecular flexibility index (Phi) is 5.03. The fourth-order valence-electron chi connectivity index (χ4n) is 2.78. The zero-order valence-electron chi connectivity index (χ0n) is 14.9. The molecule has 4 rings (SSSR count). The molecule has 0 saturated carbocycles. The molecule has 1 aliphatic heterocycles. The predicted octanol–water partition coefficient (Wildman–Crippen LogP) is 5.59. The maximum atomic E-state index is 12.5. The highest BCUT2D eigenvalue weighted by atomic mass is 35.5. The number of Topliss-reactive ketones (excluding diaryl/α,β-unsaturated/α-hetero) is 2. The van der Waals surface area contributed by atoms with E-state index in [2.05, 4.69) is 0 Å². The lowest BCUT2D eigenvalue weighted by Gasteiger charge is -2.07. The van der Waals surface area contributed by atoms with E-state index in [4.69, 9.17) is 21.1 Å². The van der Waals surface area contributed by atoms with Gasteiger partial charge in [0.2, 0.25) is 5.78 Å². The van der Waals surface area contributed by atoms with Crippen LogP contribution in [0.5, 0.6) is 11.5 Å².